The molecule has 0 radical (unpaired) electrons. The highest BCUT2D eigenvalue weighted by molar-refractivity contribution is 5.47. The first-order chi connectivity index (χ1) is 7.81. The van der Waals surface area contributed by atoms with Crippen LogP contribution in [-0.4, -0.2) is 31.7 Å². The average molecular weight is 223 g/mol. The van der Waals surface area contributed by atoms with Crippen molar-refractivity contribution >= 4 is 5.69 Å². The van der Waals surface area contributed by atoms with E-state index < -0.39 is 0 Å². The van der Waals surface area contributed by atoms with Crippen molar-refractivity contribution in [3.8, 4) is 5.88 Å². The monoisotopic (exact) mass is 223 g/mol. The van der Waals surface area contributed by atoms with Gasteiger partial charge in [-0.2, -0.15) is 0 Å². The molecule has 1 rings (SSSR count). The van der Waals surface area contributed by atoms with E-state index in [1.807, 2.05) is 12.1 Å². The van der Waals surface area contributed by atoms with Crippen LogP contribution in [0.25, 0.3) is 0 Å². The van der Waals surface area contributed by atoms with Crippen molar-refractivity contribution in [1.82, 2.24) is 4.98 Å². The van der Waals surface area contributed by atoms with Crippen molar-refractivity contribution in [2.45, 2.75) is 19.8 Å². The van der Waals surface area contributed by atoms with E-state index in [1.165, 1.54) is 0 Å². The molecule has 0 aliphatic rings. The molecule has 1 aromatic heterocycles. The average Bonchev–Trinajstić information content (AvgIpc) is 2.34. The predicted octanol–water partition coefficient (Wildman–Crippen LogP) is 1.66. The number of pyridine rings is 1. The Balaban J connectivity index is 2.73. The maximum absolute atomic E-state index is 5.54. The van der Waals surface area contributed by atoms with Crippen LogP contribution in [0.3, 0.4) is 0 Å². The van der Waals surface area contributed by atoms with E-state index >= 15 is 0 Å². The van der Waals surface area contributed by atoms with Crippen LogP contribution in [0.4, 0.5) is 5.69 Å². The van der Waals surface area contributed by atoms with Gasteiger partial charge in [0.05, 0.1) is 7.11 Å². The van der Waals surface area contributed by atoms with Gasteiger partial charge in [-0.3, -0.25) is 0 Å². The number of hydrogen-bond acceptors (Lipinski definition) is 4. The topological polar surface area (TPSA) is 51.4 Å². The zero-order valence-electron chi connectivity index (χ0n) is 10.1. The SMILES string of the molecule is CCCN(CCCN)c1ccnc(OC)c1. The molecule has 0 atom stereocenters. The summed E-state index contributed by atoms with van der Waals surface area (Å²) in [6, 6.07) is 3.97. The maximum Gasteiger partial charge on any atom is 0.214 e. The van der Waals surface area contributed by atoms with Crippen LogP contribution in [0.2, 0.25) is 0 Å². The Morgan fingerprint density at radius 2 is 2.25 bits per heavy atom. The molecule has 0 bridgehead atoms. The molecule has 0 aromatic carbocycles. The number of methoxy groups -OCH3 is 1. The van der Waals surface area contributed by atoms with Gasteiger partial charge >= 0.3 is 0 Å². The quantitative estimate of drug-likeness (QED) is 0.763. The molecule has 0 saturated heterocycles. The van der Waals surface area contributed by atoms with Gasteiger partial charge in [0.2, 0.25) is 5.88 Å². The van der Waals surface area contributed by atoms with Gasteiger partial charge in [0, 0.05) is 31.0 Å². The summed E-state index contributed by atoms with van der Waals surface area (Å²) in [4.78, 5) is 6.42. The third-order valence-corrected chi connectivity index (χ3v) is 2.42. The van der Waals surface area contributed by atoms with E-state index in [2.05, 4.69) is 16.8 Å². The van der Waals surface area contributed by atoms with Crippen LogP contribution in [-0.2, 0) is 0 Å². The molecule has 0 saturated carbocycles. The molecule has 16 heavy (non-hydrogen) atoms. The first kappa shape index (κ1) is 12.8. The summed E-state index contributed by atoms with van der Waals surface area (Å²) in [7, 11) is 1.64. The van der Waals surface area contributed by atoms with Crippen molar-refractivity contribution in [2.24, 2.45) is 5.73 Å². The minimum absolute atomic E-state index is 0.659. The van der Waals surface area contributed by atoms with Gasteiger partial charge in [0.15, 0.2) is 0 Å². The van der Waals surface area contributed by atoms with Gasteiger partial charge in [0.25, 0.3) is 0 Å². The Morgan fingerprint density at radius 3 is 2.88 bits per heavy atom. The lowest BCUT2D eigenvalue weighted by atomic mass is 10.3. The molecule has 4 nitrogen and oxygen atoms in total. The van der Waals surface area contributed by atoms with E-state index in [1.54, 1.807) is 13.3 Å². The number of aromatic nitrogens is 1. The zero-order chi connectivity index (χ0) is 11.8. The second-order valence-corrected chi connectivity index (χ2v) is 3.69. The lowest BCUT2D eigenvalue weighted by molar-refractivity contribution is 0.398. The summed E-state index contributed by atoms with van der Waals surface area (Å²) in [5.74, 6) is 0.659. The van der Waals surface area contributed by atoms with Crippen molar-refractivity contribution in [3.63, 3.8) is 0 Å². The Morgan fingerprint density at radius 1 is 1.44 bits per heavy atom. The smallest absolute Gasteiger partial charge is 0.214 e. The minimum Gasteiger partial charge on any atom is -0.481 e. The summed E-state index contributed by atoms with van der Waals surface area (Å²) >= 11 is 0. The largest absolute Gasteiger partial charge is 0.481 e. The Bertz CT molecular complexity index is 304. The molecule has 90 valence electrons. The van der Waals surface area contributed by atoms with Crippen molar-refractivity contribution in [3.05, 3.63) is 18.3 Å². The third-order valence-electron chi connectivity index (χ3n) is 2.42. The van der Waals surface area contributed by atoms with Crippen LogP contribution in [0, 0.1) is 0 Å². The molecular weight excluding hydrogens is 202 g/mol. The van der Waals surface area contributed by atoms with E-state index in [4.69, 9.17) is 10.5 Å². The third kappa shape index (κ3) is 3.70. The molecule has 0 spiro atoms. The molecule has 0 amide bonds. The Hall–Kier alpha value is -1.29. The van der Waals surface area contributed by atoms with Gasteiger partial charge in [-0.05, 0) is 25.5 Å². The maximum atomic E-state index is 5.54. The highest BCUT2D eigenvalue weighted by Gasteiger charge is 2.06. The van der Waals surface area contributed by atoms with E-state index in [-0.39, 0.29) is 0 Å². The summed E-state index contributed by atoms with van der Waals surface area (Å²) in [6.07, 6.45) is 3.90. The zero-order valence-corrected chi connectivity index (χ0v) is 10.1. The number of nitrogens with two attached hydrogens (primary N) is 1. The fraction of sp³-hybridized carbons (Fsp3) is 0.583. The molecular formula is C12H21N3O. The van der Waals surface area contributed by atoms with Gasteiger partial charge in [-0.25, -0.2) is 4.98 Å². The highest BCUT2D eigenvalue weighted by Crippen LogP contribution is 2.18. The lowest BCUT2D eigenvalue weighted by Gasteiger charge is -2.24. The standard InChI is InChI=1S/C12H21N3O/c1-3-8-15(9-4-6-13)11-5-7-14-12(10-11)16-2/h5,7,10H,3-4,6,8-9,13H2,1-2H3. The Labute approximate surface area is 97.4 Å². The normalized spacial score (nSPS) is 10.2. The second-order valence-electron chi connectivity index (χ2n) is 3.69. The number of rotatable bonds is 7. The number of anilines is 1. The van der Waals surface area contributed by atoms with Crippen LogP contribution in [0.15, 0.2) is 18.3 Å². The molecule has 0 unspecified atom stereocenters. The Kier molecular flexibility index (Phi) is 5.64. The van der Waals surface area contributed by atoms with Crippen LogP contribution in [0.5, 0.6) is 5.88 Å². The van der Waals surface area contributed by atoms with Crippen LogP contribution < -0.4 is 15.4 Å². The summed E-state index contributed by atoms with van der Waals surface area (Å²) in [6.45, 7) is 4.92. The van der Waals surface area contributed by atoms with Crippen LogP contribution in [0.1, 0.15) is 19.8 Å². The molecule has 1 aromatic rings. The second kappa shape index (κ2) is 7.06. The summed E-state index contributed by atoms with van der Waals surface area (Å²) in [5.41, 5.74) is 6.70. The molecule has 2 N–H and O–H groups in total. The molecule has 1 heterocycles. The van der Waals surface area contributed by atoms with Gasteiger partial charge < -0.3 is 15.4 Å². The van der Waals surface area contributed by atoms with Crippen molar-refractivity contribution < 1.29 is 4.74 Å². The first-order valence-corrected chi connectivity index (χ1v) is 5.76. The minimum atomic E-state index is 0.659. The lowest BCUT2D eigenvalue weighted by Crippen LogP contribution is -2.26. The van der Waals surface area contributed by atoms with Crippen molar-refractivity contribution in [1.29, 1.82) is 0 Å². The summed E-state index contributed by atoms with van der Waals surface area (Å²) < 4.78 is 5.13. The van der Waals surface area contributed by atoms with E-state index in [9.17, 15) is 0 Å². The van der Waals surface area contributed by atoms with Gasteiger partial charge in [-0.1, -0.05) is 6.92 Å². The highest BCUT2D eigenvalue weighted by atomic mass is 16.5. The molecule has 0 aliphatic heterocycles. The molecule has 0 fully saturated rings. The van der Waals surface area contributed by atoms with Gasteiger partial charge in [-0.15, -0.1) is 0 Å². The number of ether oxygens (including phenoxy) is 1. The number of nitrogens with zero attached hydrogens (tertiary/aromatic N) is 2. The van der Waals surface area contributed by atoms with Crippen LogP contribution >= 0.6 is 0 Å². The van der Waals surface area contributed by atoms with Crippen molar-refractivity contribution in [2.75, 3.05) is 31.6 Å². The van der Waals surface area contributed by atoms with E-state index in [0.29, 0.717) is 5.88 Å². The summed E-state index contributed by atoms with van der Waals surface area (Å²) in [5, 5.41) is 0. The fourth-order valence-corrected chi connectivity index (χ4v) is 1.63. The number of hydrogen-bond donors (Lipinski definition) is 1. The molecule has 0 aliphatic carbocycles. The predicted molar refractivity (Wildman–Crippen MR) is 67.0 cm³/mol. The first-order valence-electron chi connectivity index (χ1n) is 5.76. The fourth-order valence-electron chi connectivity index (χ4n) is 1.63. The molecule has 4 heteroatoms. The van der Waals surface area contributed by atoms with E-state index in [0.717, 1.165) is 38.2 Å². The van der Waals surface area contributed by atoms with Gasteiger partial charge in [0.1, 0.15) is 0 Å².